The van der Waals surface area contributed by atoms with Crippen LogP contribution in [0.3, 0.4) is 0 Å². The molecule has 15 heavy (non-hydrogen) atoms. The Balaban J connectivity index is 3.92. The fourth-order valence-corrected chi connectivity index (χ4v) is 1.11. The summed E-state index contributed by atoms with van der Waals surface area (Å²) in [6, 6.07) is 0.595. The average Bonchev–Trinajstić information content (AvgIpc) is 2.22. The zero-order valence-electron chi connectivity index (χ0n) is 10.7. The van der Waals surface area contributed by atoms with Gasteiger partial charge in [-0.25, -0.2) is 0 Å². The molecule has 0 aromatic heterocycles. The quantitative estimate of drug-likeness (QED) is 0.664. The number of ether oxygens (including phenoxy) is 1. The van der Waals surface area contributed by atoms with Gasteiger partial charge in [0, 0.05) is 18.6 Å². The minimum absolute atomic E-state index is 0.107. The van der Waals surface area contributed by atoms with E-state index in [4.69, 9.17) is 4.74 Å². The van der Waals surface area contributed by atoms with Crippen molar-refractivity contribution in [2.24, 2.45) is 5.92 Å². The SMILES string of the molecule is COC(=O)C(C)C(C)NCC(C)N(C)C. The molecule has 0 aromatic carbocycles. The van der Waals surface area contributed by atoms with Gasteiger partial charge in [-0.2, -0.15) is 0 Å². The second kappa shape index (κ2) is 6.80. The van der Waals surface area contributed by atoms with Crippen molar-refractivity contribution >= 4 is 5.97 Å². The molecule has 0 aliphatic rings. The highest BCUT2D eigenvalue weighted by Crippen LogP contribution is 2.04. The van der Waals surface area contributed by atoms with E-state index in [2.05, 4.69) is 17.1 Å². The van der Waals surface area contributed by atoms with Crippen LogP contribution in [0.2, 0.25) is 0 Å². The molecule has 4 nitrogen and oxygen atoms in total. The first-order chi connectivity index (χ1) is 6.90. The summed E-state index contributed by atoms with van der Waals surface area (Å²) in [5.41, 5.74) is 0. The minimum atomic E-state index is -0.160. The molecule has 0 aliphatic carbocycles. The zero-order chi connectivity index (χ0) is 12.0. The van der Waals surface area contributed by atoms with Gasteiger partial charge in [-0.3, -0.25) is 4.79 Å². The Bertz CT molecular complexity index is 195. The summed E-state index contributed by atoms with van der Waals surface area (Å²) < 4.78 is 4.70. The van der Waals surface area contributed by atoms with Gasteiger partial charge in [-0.05, 0) is 27.9 Å². The van der Waals surface area contributed by atoms with Crippen LogP contribution in [-0.2, 0) is 9.53 Å². The van der Waals surface area contributed by atoms with Gasteiger partial charge in [0.1, 0.15) is 0 Å². The molecule has 90 valence electrons. The van der Waals surface area contributed by atoms with Gasteiger partial charge in [0.15, 0.2) is 0 Å². The van der Waals surface area contributed by atoms with Crippen LogP contribution in [-0.4, -0.2) is 50.7 Å². The topological polar surface area (TPSA) is 41.6 Å². The smallest absolute Gasteiger partial charge is 0.309 e. The van der Waals surface area contributed by atoms with Crippen LogP contribution >= 0.6 is 0 Å². The van der Waals surface area contributed by atoms with Crippen molar-refractivity contribution < 1.29 is 9.53 Å². The standard InChI is InChI=1S/C11H24N2O2/c1-8(13(4)5)7-12-10(3)9(2)11(14)15-6/h8-10,12H,7H2,1-6H3. The van der Waals surface area contributed by atoms with Crippen molar-refractivity contribution in [3.8, 4) is 0 Å². The van der Waals surface area contributed by atoms with E-state index in [1.54, 1.807) is 0 Å². The van der Waals surface area contributed by atoms with Crippen molar-refractivity contribution in [1.82, 2.24) is 10.2 Å². The van der Waals surface area contributed by atoms with E-state index in [1.807, 2.05) is 27.9 Å². The molecule has 0 amide bonds. The fraction of sp³-hybridized carbons (Fsp3) is 0.909. The van der Waals surface area contributed by atoms with Crippen molar-refractivity contribution in [3.63, 3.8) is 0 Å². The number of hydrogen-bond acceptors (Lipinski definition) is 4. The lowest BCUT2D eigenvalue weighted by molar-refractivity contribution is -0.145. The Labute approximate surface area is 93.0 Å². The molecule has 0 saturated carbocycles. The zero-order valence-corrected chi connectivity index (χ0v) is 10.7. The summed E-state index contributed by atoms with van der Waals surface area (Å²) >= 11 is 0. The molecule has 0 bridgehead atoms. The molecular formula is C11H24N2O2. The molecule has 0 aromatic rings. The lowest BCUT2D eigenvalue weighted by Gasteiger charge is -2.24. The monoisotopic (exact) mass is 216 g/mol. The highest BCUT2D eigenvalue weighted by Gasteiger charge is 2.20. The summed E-state index contributed by atoms with van der Waals surface area (Å²) in [7, 11) is 5.51. The molecular weight excluding hydrogens is 192 g/mol. The number of carbonyl (C=O) groups is 1. The van der Waals surface area contributed by atoms with Crippen LogP contribution in [0.5, 0.6) is 0 Å². The van der Waals surface area contributed by atoms with Gasteiger partial charge in [0.25, 0.3) is 0 Å². The van der Waals surface area contributed by atoms with Gasteiger partial charge in [0.2, 0.25) is 0 Å². The summed E-state index contributed by atoms with van der Waals surface area (Å²) in [6.07, 6.45) is 0. The minimum Gasteiger partial charge on any atom is -0.469 e. The van der Waals surface area contributed by atoms with Crippen LogP contribution in [0, 0.1) is 5.92 Å². The third-order valence-electron chi connectivity index (χ3n) is 2.94. The number of hydrogen-bond donors (Lipinski definition) is 1. The molecule has 0 fully saturated rings. The van der Waals surface area contributed by atoms with Gasteiger partial charge in [-0.1, -0.05) is 6.92 Å². The molecule has 0 heterocycles. The Kier molecular flexibility index (Phi) is 6.52. The lowest BCUT2D eigenvalue weighted by atomic mass is 10.0. The third kappa shape index (κ3) is 5.14. The molecule has 3 unspecified atom stereocenters. The molecule has 0 aliphatic heterocycles. The first-order valence-corrected chi connectivity index (χ1v) is 5.37. The van der Waals surface area contributed by atoms with E-state index >= 15 is 0 Å². The van der Waals surface area contributed by atoms with E-state index in [0.29, 0.717) is 6.04 Å². The van der Waals surface area contributed by atoms with E-state index < -0.39 is 0 Å². The number of esters is 1. The van der Waals surface area contributed by atoms with E-state index in [1.165, 1.54) is 7.11 Å². The Morgan fingerprint density at radius 1 is 1.33 bits per heavy atom. The number of carbonyl (C=O) groups excluding carboxylic acids is 1. The van der Waals surface area contributed by atoms with E-state index in [-0.39, 0.29) is 17.9 Å². The molecule has 0 saturated heterocycles. The second-order valence-electron chi connectivity index (χ2n) is 4.32. The maximum atomic E-state index is 11.3. The largest absolute Gasteiger partial charge is 0.469 e. The predicted octanol–water partition coefficient (Wildman–Crippen LogP) is 0.724. The highest BCUT2D eigenvalue weighted by atomic mass is 16.5. The molecule has 3 atom stereocenters. The van der Waals surface area contributed by atoms with Crippen molar-refractivity contribution in [3.05, 3.63) is 0 Å². The van der Waals surface area contributed by atoms with Crippen LogP contribution in [0.25, 0.3) is 0 Å². The van der Waals surface area contributed by atoms with Crippen molar-refractivity contribution in [1.29, 1.82) is 0 Å². The van der Waals surface area contributed by atoms with E-state index in [0.717, 1.165) is 6.54 Å². The lowest BCUT2D eigenvalue weighted by Crippen LogP contribution is -2.43. The Hall–Kier alpha value is -0.610. The maximum absolute atomic E-state index is 11.3. The summed E-state index contributed by atoms with van der Waals surface area (Å²) in [5.74, 6) is -0.267. The van der Waals surface area contributed by atoms with Crippen molar-refractivity contribution in [2.45, 2.75) is 32.9 Å². The normalized spacial score (nSPS) is 17.3. The Morgan fingerprint density at radius 3 is 2.27 bits per heavy atom. The van der Waals surface area contributed by atoms with Crippen molar-refractivity contribution in [2.75, 3.05) is 27.7 Å². The fourth-order valence-electron chi connectivity index (χ4n) is 1.11. The first-order valence-electron chi connectivity index (χ1n) is 5.37. The summed E-state index contributed by atoms with van der Waals surface area (Å²) in [5, 5.41) is 3.34. The van der Waals surface area contributed by atoms with Crippen LogP contribution in [0.1, 0.15) is 20.8 Å². The number of nitrogens with one attached hydrogen (secondary N) is 1. The first kappa shape index (κ1) is 14.4. The Morgan fingerprint density at radius 2 is 1.87 bits per heavy atom. The number of likely N-dealkylation sites (N-methyl/N-ethyl adjacent to an activating group) is 1. The molecule has 0 radical (unpaired) electrons. The average molecular weight is 216 g/mol. The molecule has 4 heteroatoms. The maximum Gasteiger partial charge on any atom is 0.309 e. The molecule has 1 N–H and O–H groups in total. The number of rotatable bonds is 6. The summed E-state index contributed by atoms with van der Waals surface area (Å²) in [6.45, 7) is 6.89. The second-order valence-corrected chi connectivity index (χ2v) is 4.32. The van der Waals surface area contributed by atoms with Gasteiger partial charge in [0.05, 0.1) is 13.0 Å². The van der Waals surface area contributed by atoms with Gasteiger partial charge < -0.3 is 15.0 Å². The molecule has 0 rings (SSSR count). The molecule has 0 spiro atoms. The highest BCUT2D eigenvalue weighted by molar-refractivity contribution is 5.72. The number of methoxy groups -OCH3 is 1. The van der Waals surface area contributed by atoms with Gasteiger partial charge >= 0.3 is 5.97 Å². The van der Waals surface area contributed by atoms with Crippen LogP contribution in [0.4, 0.5) is 0 Å². The van der Waals surface area contributed by atoms with E-state index in [9.17, 15) is 4.79 Å². The summed E-state index contributed by atoms with van der Waals surface area (Å²) in [4.78, 5) is 13.4. The van der Waals surface area contributed by atoms with Crippen LogP contribution < -0.4 is 5.32 Å². The van der Waals surface area contributed by atoms with Gasteiger partial charge in [-0.15, -0.1) is 0 Å². The number of nitrogens with zero attached hydrogens (tertiary/aromatic N) is 1. The van der Waals surface area contributed by atoms with Crippen LogP contribution in [0.15, 0.2) is 0 Å². The predicted molar refractivity (Wildman–Crippen MR) is 61.8 cm³/mol. The third-order valence-corrected chi connectivity index (χ3v) is 2.94.